The summed E-state index contributed by atoms with van der Waals surface area (Å²) in [5.41, 5.74) is 4.56. The maximum absolute atomic E-state index is 12.4. The molecular formula is C29H38F2N6O3. The number of alkyl halides is 2. The fourth-order valence-electron chi connectivity index (χ4n) is 5.79. The van der Waals surface area contributed by atoms with Crippen molar-refractivity contribution in [3.05, 3.63) is 48.4 Å². The molecule has 0 radical (unpaired) electrons. The van der Waals surface area contributed by atoms with Crippen molar-refractivity contribution in [2.75, 3.05) is 57.4 Å². The highest BCUT2D eigenvalue weighted by Gasteiger charge is 2.38. The van der Waals surface area contributed by atoms with Crippen molar-refractivity contribution >= 4 is 17.3 Å². The molecule has 0 aliphatic carbocycles. The number of likely N-dealkylation sites (tertiary alicyclic amines) is 1. The van der Waals surface area contributed by atoms with Gasteiger partial charge in [-0.25, -0.2) is 18.1 Å². The number of piperidine rings is 1. The van der Waals surface area contributed by atoms with E-state index in [2.05, 4.69) is 58.6 Å². The molecule has 0 aromatic carbocycles. The largest absolute Gasteiger partial charge is 0.443 e. The van der Waals surface area contributed by atoms with Crippen LogP contribution < -0.4 is 4.90 Å². The minimum Gasteiger partial charge on any atom is -0.443 e. The number of pyridine rings is 1. The third-order valence-electron chi connectivity index (χ3n) is 8.04. The molecule has 40 heavy (non-hydrogen) atoms. The Labute approximate surface area is 233 Å². The molecule has 3 aromatic heterocycles. The summed E-state index contributed by atoms with van der Waals surface area (Å²) in [5, 5.41) is 4.50. The lowest BCUT2D eigenvalue weighted by atomic mass is 9.84. The maximum Gasteiger partial charge on any atom is 0.410 e. The minimum atomic E-state index is -2.67. The molecule has 5 rings (SSSR count). The van der Waals surface area contributed by atoms with Crippen molar-refractivity contribution in [3.63, 3.8) is 0 Å². The summed E-state index contributed by atoms with van der Waals surface area (Å²) in [6.45, 7) is 10.2. The van der Waals surface area contributed by atoms with Gasteiger partial charge in [-0.1, -0.05) is 6.07 Å². The van der Waals surface area contributed by atoms with E-state index in [4.69, 9.17) is 9.72 Å². The molecule has 0 saturated carbocycles. The number of ether oxygens (including phenoxy) is 2. The number of hydrogen-bond donors (Lipinski definition) is 0. The summed E-state index contributed by atoms with van der Waals surface area (Å²) >= 11 is 0. The van der Waals surface area contributed by atoms with Crippen molar-refractivity contribution in [2.45, 2.75) is 51.7 Å². The Morgan fingerprint density at radius 2 is 1.82 bits per heavy atom. The Hall–Kier alpha value is -3.31. The van der Waals surface area contributed by atoms with E-state index in [0.717, 1.165) is 54.0 Å². The number of halogens is 2. The summed E-state index contributed by atoms with van der Waals surface area (Å²) in [6, 6.07) is 8.76. The quantitative estimate of drug-likeness (QED) is 0.400. The van der Waals surface area contributed by atoms with E-state index in [-0.39, 0.29) is 5.60 Å². The zero-order valence-corrected chi connectivity index (χ0v) is 23.4. The van der Waals surface area contributed by atoms with Crippen molar-refractivity contribution in [1.29, 1.82) is 0 Å². The molecule has 216 valence electrons. The number of amides is 1. The highest BCUT2D eigenvalue weighted by Crippen LogP contribution is 2.38. The van der Waals surface area contributed by atoms with E-state index in [1.165, 1.54) is 4.90 Å². The lowest BCUT2D eigenvalue weighted by Crippen LogP contribution is -2.49. The van der Waals surface area contributed by atoms with Crippen molar-refractivity contribution in [1.82, 2.24) is 24.4 Å². The number of aromatic nitrogens is 3. The number of fused-ring (bicyclic) bond motifs is 1. The van der Waals surface area contributed by atoms with Crippen LogP contribution in [0.4, 0.5) is 19.3 Å². The SMILES string of the molecule is CCOC1(c2ccc(-c3cc4c(N5CCN(C(=O)OCC(F)F)CC5)ccnn4c3)nc2)CCN(C(C)C)CC1. The molecule has 2 aliphatic heterocycles. The van der Waals surface area contributed by atoms with Crippen LogP contribution in [-0.2, 0) is 15.1 Å². The van der Waals surface area contributed by atoms with E-state index in [0.29, 0.717) is 38.8 Å². The lowest BCUT2D eigenvalue weighted by Gasteiger charge is -2.43. The highest BCUT2D eigenvalue weighted by molar-refractivity contribution is 5.79. The zero-order chi connectivity index (χ0) is 28.3. The molecule has 0 spiro atoms. The number of nitrogens with zero attached hydrogens (tertiary/aromatic N) is 6. The average molecular weight is 557 g/mol. The summed E-state index contributed by atoms with van der Waals surface area (Å²) in [7, 11) is 0. The number of carbonyl (C=O) groups is 1. The smallest absolute Gasteiger partial charge is 0.410 e. The summed E-state index contributed by atoms with van der Waals surface area (Å²) in [4.78, 5) is 23.0. The van der Waals surface area contributed by atoms with Crippen LogP contribution in [0.1, 0.15) is 39.2 Å². The summed E-state index contributed by atoms with van der Waals surface area (Å²) in [6.07, 6.45) is 4.20. The summed E-state index contributed by atoms with van der Waals surface area (Å²) in [5.74, 6) is 0. The van der Waals surface area contributed by atoms with Gasteiger partial charge in [-0.2, -0.15) is 5.10 Å². The lowest BCUT2D eigenvalue weighted by molar-refractivity contribution is -0.0888. The summed E-state index contributed by atoms with van der Waals surface area (Å²) < 4.78 is 37.6. The first-order valence-corrected chi connectivity index (χ1v) is 14.1. The Kier molecular flexibility index (Phi) is 8.51. The van der Waals surface area contributed by atoms with Gasteiger partial charge in [0.15, 0.2) is 6.61 Å². The van der Waals surface area contributed by atoms with Crippen LogP contribution in [0.2, 0.25) is 0 Å². The average Bonchev–Trinajstić information content (AvgIpc) is 3.41. The first kappa shape index (κ1) is 28.2. The molecule has 0 bridgehead atoms. The second-order valence-corrected chi connectivity index (χ2v) is 10.7. The molecule has 11 heteroatoms. The van der Waals surface area contributed by atoms with Crippen LogP contribution in [0, 0.1) is 0 Å². The van der Waals surface area contributed by atoms with Crippen LogP contribution in [0.15, 0.2) is 42.9 Å². The monoisotopic (exact) mass is 556 g/mol. The second-order valence-electron chi connectivity index (χ2n) is 10.7. The van der Waals surface area contributed by atoms with Gasteiger partial charge in [-0.05, 0) is 51.8 Å². The third kappa shape index (κ3) is 5.90. The van der Waals surface area contributed by atoms with Gasteiger partial charge >= 0.3 is 6.09 Å². The predicted octanol–water partition coefficient (Wildman–Crippen LogP) is 4.66. The number of rotatable bonds is 8. The van der Waals surface area contributed by atoms with Crippen molar-refractivity contribution < 1.29 is 23.0 Å². The van der Waals surface area contributed by atoms with E-state index in [1.807, 2.05) is 23.0 Å². The first-order chi connectivity index (χ1) is 19.3. The van der Waals surface area contributed by atoms with Gasteiger partial charge in [0.2, 0.25) is 0 Å². The van der Waals surface area contributed by atoms with E-state index < -0.39 is 19.1 Å². The number of carbonyl (C=O) groups excluding carboxylic acids is 1. The Morgan fingerprint density at radius 1 is 1.07 bits per heavy atom. The zero-order valence-electron chi connectivity index (χ0n) is 23.4. The first-order valence-electron chi connectivity index (χ1n) is 14.1. The Balaban J connectivity index is 1.30. The number of anilines is 1. The van der Waals surface area contributed by atoms with E-state index in [1.54, 1.807) is 6.20 Å². The molecule has 5 heterocycles. The Morgan fingerprint density at radius 3 is 2.45 bits per heavy atom. The molecule has 0 N–H and O–H groups in total. The topological polar surface area (TPSA) is 75.4 Å². The minimum absolute atomic E-state index is 0.306. The van der Waals surface area contributed by atoms with Crippen molar-refractivity contribution in [3.8, 4) is 11.3 Å². The van der Waals surface area contributed by atoms with Gasteiger partial charge in [-0.3, -0.25) is 4.98 Å². The third-order valence-corrected chi connectivity index (χ3v) is 8.04. The van der Waals surface area contributed by atoms with Gasteiger partial charge < -0.3 is 24.2 Å². The molecule has 1 amide bonds. The molecule has 3 aromatic rings. The molecular weight excluding hydrogens is 518 g/mol. The Bertz CT molecular complexity index is 1280. The van der Waals surface area contributed by atoms with Crippen LogP contribution in [0.3, 0.4) is 0 Å². The van der Waals surface area contributed by atoms with Gasteiger partial charge in [0.1, 0.15) is 0 Å². The fourth-order valence-corrected chi connectivity index (χ4v) is 5.79. The van der Waals surface area contributed by atoms with Gasteiger partial charge in [0, 0.05) is 81.6 Å². The predicted molar refractivity (Wildman–Crippen MR) is 149 cm³/mol. The standard InChI is InChI=1S/C29H38F2N6O3/c1-4-40-29(8-11-34(12-9-29)21(2)3)23-5-6-24(32-18-23)22-17-26-25(7-10-33-37(26)19-22)35-13-15-36(16-14-35)28(38)39-20-27(30)31/h5-7,10,17-19,21,27H,4,8-9,11-16,20H2,1-3H3. The molecule has 0 unspecified atom stereocenters. The van der Waals surface area contributed by atoms with Crippen LogP contribution >= 0.6 is 0 Å². The molecule has 2 aliphatic rings. The number of piperazine rings is 1. The fraction of sp³-hybridized carbons (Fsp3) is 0.552. The maximum atomic E-state index is 12.4. The molecule has 2 fully saturated rings. The van der Waals surface area contributed by atoms with E-state index >= 15 is 0 Å². The van der Waals surface area contributed by atoms with Crippen LogP contribution in [0.5, 0.6) is 0 Å². The van der Waals surface area contributed by atoms with Crippen LogP contribution in [-0.4, -0.2) is 95.4 Å². The van der Waals surface area contributed by atoms with Crippen molar-refractivity contribution in [2.24, 2.45) is 0 Å². The molecule has 2 saturated heterocycles. The van der Waals surface area contributed by atoms with Crippen LogP contribution in [0.25, 0.3) is 16.8 Å². The molecule has 0 atom stereocenters. The number of hydrogen-bond acceptors (Lipinski definition) is 7. The highest BCUT2D eigenvalue weighted by atomic mass is 19.3. The van der Waals surface area contributed by atoms with Gasteiger partial charge in [0.25, 0.3) is 6.43 Å². The van der Waals surface area contributed by atoms with E-state index in [9.17, 15) is 13.6 Å². The molecule has 9 nitrogen and oxygen atoms in total. The second kappa shape index (κ2) is 12.1. The van der Waals surface area contributed by atoms with Gasteiger partial charge in [-0.15, -0.1) is 0 Å². The normalized spacial score (nSPS) is 18.2. The van der Waals surface area contributed by atoms with Gasteiger partial charge in [0.05, 0.1) is 22.5 Å².